The number of hydrogen-bond acceptors (Lipinski definition) is 6. The lowest BCUT2D eigenvalue weighted by Gasteiger charge is -2.23. The van der Waals surface area contributed by atoms with Crippen LogP contribution in [-0.2, 0) is 6.42 Å². The highest BCUT2D eigenvalue weighted by Gasteiger charge is 2.35. The van der Waals surface area contributed by atoms with Gasteiger partial charge in [0.1, 0.15) is 0 Å². The van der Waals surface area contributed by atoms with E-state index in [4.69, 9.17) is 9.84 Å². The van der Waals surface area contributed by atoms with Crippen molar-refractivity contribution in [1.29, 1.82) is 0 Å². The molecule has 1 aliphatic heterocycles. The number of rotatable bonds is 5. The fourth-order valence-corrected chi connectivity index (χ4v) is 3.21. The number of amides is 1. The highest BCUT2D eigenvalue weighted by molar-refractivity contribution is 5.78. The number of methoxy groups -OCH3 is 1. The Balaban J connectivity index is 1.70. The van der Waals surface area contributed by atoms with Crippen LogP contribution in [0.25, 0.3) is 11.0 Å². The maximum atomic E-state index is 11.1. The van der Waals surface area contributed by atoms with Crippen molar-refractivity contribution < 1.29 is 19.7 Å². The number of aliphatic hydroxyl groups excluding tert-OH is 1. The number of carboxylic acid groups (broad SMARTS) is 1. The van der Waals surface area contributed by atoms with Gasteiger partial charge in [0, 0.05) is 38.9 Å². The molecule has 0 unspecified atom stereocenters. The Morgan fingerprint density at radius 3 is 2.92 bits per heavy atom. The number of aliphatic hydroxyl groups is 1. The van der Waals surface area contributed by atoms with Crippen LogP contribution in [-0.4, -0.2) is 82.0 Å². The molecule has 1 saturated heterocycles. The highest BCUT2D eigenvalue weighted by Crippen LogP contribution is 2.20. The van der Waals surface area contributed by atoms with E-state index in [0.29, 0.717) is 25.5 Å². The molecule has 0 saturated carbocycles. The Morgan fingerprint density at radius 1 is 1.40 bits per heavy atom. The van der Waals surface area contributed by atoms with Gasteiger partial charge in [0.25, 0.3) is 0 Å². The number of likely N-dealkylation sites (tertiary alicyclic amines) is 1. The van der Waals surface area contributed by atoms with Crippen LogP contribution in [0, 0.1) is 0 Å². The summed E-state index contributed by atoms with van der Waals surface area (Å²) in [5.41, 5.74) is 2.66. The van der Waals surface area contributed by atoms with Crippen LogP contribution in [0.4, 0.5) is 4.79 Å². The normalized spacial score (nSPS) is 20.8. The molecule has 1 amide bonds. The molecule has 1 fully saturated rings. The second-order valence-corrected chi connectivity index (χ2v) is 6.23. The van der Waals surface area contributed by atoms with E-state index in [1.165, 1.54) is 11.9 Å². The predicted octanol–water partition coefficient (Wildman–Crippen LogP) is 0.836. The third-order valence-electron chi connectivity index (χ3n) is 4.68. The zero-order chi connectivity index (χ0) is 18.0. The number of nitrogens with zero attached hydrogens (tertiary/aromatic N) is 4. The van der Waals surface area contributed by atoms with Crippen molar-refractivity contribution in [3.05, 3.63) is 30.0 Å². The summed E-state index contributed by atoms with van der Waals surface area (Å²) in [5, 5.41) is 19.2. The number of aromatic nitrogens is 2. The molecule has 134 valence electrons. The lowest BCUT2D eigenvalue weighted by molar-refractivity contribution is 0.0872. The van der Waals surface area contributed by atoms with E-state index in [-0.39, 0.29) is 0 Å². The molecular weight excluding hydrogens is 324 g/mol. The van der Waals surface area contributed by atoms with Crippen molar-refractivity contribution in [3.8, 4) is 5.88 Å². The van der Waals surface area contributed by atoms with Crippen LogP contribution in [0.3, 0.4) is 0 Å². The summed E-state index contributed by atoms with van der Waals surface area (Å²) in [4.78, 5) is 23.1. The molecular formula is C17H22N4O4. The summed E-state index contributed by atoms with van der Waals surface area (Å²) in [6.07, 6.45) is 0.789. The molecule has 2 N–H and O–H groups in total. The summed E-state index contributed by atoms with van der Waals surface area (Å²) in [7, 11) is 3.07. The quantitative estimate of drug-likeness (QED) is 0.827. The van der Waals surface area contributed by atoms with Crippen molar-refractivity contribution in [2.75, 3.05) is 33.8 Å². The molecule has 0 bridgehead atoms. The van der Waals surface area contributed by atoms with Crippen molar-refractivity contribution in [2.45, 2.75) is 18.6 Å². The van der Waals surface area contributed by atoms with Gasteiger partial charge in [-0.05, 0) is 24.1 Å². The van der Waals surface area contributed by atoms with Gasteiger partial charge >= 0.3 is 6.09 Å². The van der Waals surface area contributed by atoms with E-state index >= 15 is 0 Å². The first-order valence-electron chi connectivity index (χ1n) is 8.14. The van der Waals surface area contributed by atoms with E-state index in [1.807, 2.05) is 12.1 Å². The predicted molar refractivity (Wildman–Crippen MR) is 91.8 cm³/mol. The minimum absolute atomic E-state index is 0.398. The van der Waals surface area contributed by atoms with Crippen molar-refractivity contribution in [3.63, 3.8) is 0 Å². The molecule has 0 spiro atoms. The first kappa shape index (κ1) is 17.4. The Morgan fingerprint density at radius 2 is 2.20 bits per heavy atom. The summed E-state index contributed by atoms with van der Waals surface area (Å²) >= 11 is 0. The smallest absolute Gasteiger partial charge is 0.407 e. The lowest BCUT2D eigenvalue weighted by atomic mass is 10.1. The van der Waals surface area contributed by atoms with Crippen LogP contribution < -0.4 is 4.74 Å². The number of β-amino-alcohol motifs (C(OH)–C–C–N with tert-alkyl or cyclic N) is 1. The molecule has 1 aliphatic rings. The van der Waals surface area contributed by atoms with Gasteiger partial charge in [-0.2, -0.15) is 0 Å². The molecule has 3 heterocycles. The number of ether oxygens (including phenoxy) is 1. The van der Waals surface area contributed by atoms with Gasteiger partial charge in [-0.3, -0.25) is 9.88 Å². The van der Waals surface area contributed by atoms with Crippen molar-refractivity contribution in [1.82, 2.24) is 19.8 Å². The summed E-state index contributed by atoms with van der Waals surface area (Å²) in [6.45, 7) is 1.69. The number of likely N-dealkylation sites (N-methyl/N-ethyl adjacent to an activating group) is 1. The van der Waals surface area contributed by atoms with Crippen molar-refractivity contribution in [2.24, 2.45) is 0 Å². The van der Waals surface area contributed by atoms with Gasteiger partial charge in [-0.1, -0.05) is 0 Å². The molecule has 8 heteroatoms. The van der Waals surface area contributed by atoms with Gasteiger partial charge in [0.15, 0.2) is 0 Å². The molecule has 3 rings (SSSR count). The monoisotopic (exact) mass is 346 g/mol. The molecule has 2 aromatic heterocycles. The van der Waals surface area contributed by atoms with Gasteiger partial charge < -0.3 is 19.8 Å². The number of pyridine rings is 2. The molecule has 0 radical (unpaired) electrons. The zero-order valence-corrected chi connectivity index (χ0v) is 14.3. The Labute approximate surface area is 145 Å². The molecule has 0 aliphatic carbocycles. The lowest BCUT2D eigenvalue weighted by Crippen LogP contribution is -2.43. The first-order chi connectivity index (χ1) is 12.0. The maximum absolute atomic E-state index is 11.1. The second kappa shape index (κ2) is 7.20. The minimum Gasteiger partial charge on any atom is -0.481 e. The van der Waals surface area contributed by atoms with Crippen LogP contribution in [0.5, 0.6) is 5.88 Å². The molecule has 25 heavy (non-hydrogen) atoms. The maximum Gasteiger partial charge on any atom is 0.407 e. The van der Waals surface area contributed by atoms with Gasteiger partial charge in [-0.15, -0.1) is 0 Å². The molecule has 0 aromatic carbocycles. The number of fused-ring (bicyclic) bond motifs is 1. The second-order valence-electron chi connectivity index (χ2n) is 6.23. The van der Waals surface area contributed by atoms with E-state index in [2.05, 4.69) is 14.9 Å². The SMILES string of the molecule is COc1ccc2nccc(CCN3C[C@H](O)[C@@H](N(C)C(=O)O)C3)c2n1. The summed E-state index contributed by atoms with van der Waals surface area (Å²) < 4.78 is 5.19. The number of hydrogen-bond donors (Lipinski definition) is 2. The van der Waals surface area contributed by atoms with Gasteiger partial charge in [-0.25, -0.2) is 9.78 Å². The van der Waals surface area contributed by atoms with Crippen molar-refractivity contribution >= 4 is 17.1 Å². The fourth-order valence-electron chi connectivity index (χ4n) is 3.21. The average Bonchev–Trinajstić information content (AvgIpc) is 2.99. The Hall–Kier alpha value is -2.45. The largest absolute Gasteiger partial charge is 0.481 e. The van der Waals surface area contributed by atoms with E-state index in [9.17, 15) is 9.90 Å². The van der Waals surface area contributed by atoms with Gasteiger partial charge in [0.2, 0.25) is 5.88 Å². The molecule has 2 aromatic rings. The van der Waals surface area contributed by atoms with Crippen LogP contribution in [0.15, 0.2) is 24.4 Å². The fraction of sp³-hybridized carbons (Fsp3) is 0.471. The zero-order valence-electron chi connectivity index (χ0n) is 14.3. The summed E-state index contributed by atoms with van der Waals surface area (Å²) in [6, 6.07) is 5.19. The van der Waals surface area contributed by atoms with E-state index in [0.717, 1.165) is 23.0 Å². The van der Waals surface area contributed by atoms with E-state index < -0.39 is 18.2 Å². The average molecular weight is 346 g/mol. The van der Waals surface area contributed by atoms with Crippen LogP contribution in [0.2, 0.25) is 0 Å². The molecule has 8 nitrogen and oxygen atoms in total. The molecule has 2 atom stereocenters. The third-order valence-corrected chi connectivity index (χ3v) is 4.68. The highest BCUT2D eigenvalue weighted by atomic mass is 16.5. The van der Waals surface area contributed by atoms with Crippen LogP contribution >= 0.6 is 0 Å². The summed E-state index contributed by atoms with van der Waals surface area (Å²) in [5.74, 6) is 0.543. The third kappa shape index (κ3) is 3.64. The minimum atomic E-state index is -1.03. The topological polar surface area (TPSA) is 99.0 Å². The standard InChI is InChI=1S/C17H22N4O4/c1-20(17(23)24)13-9-21(10-14(13)22)8-6-11-5-7-18-12-3-4-15(25-2)19-16(11)12/h3-5,7,13-14,22H,6,8-10H2,1-2H3,(H,23,24)/t13-,14-/m0/s1. The number of carbonyl (C=O) groups is 1. The van der Waals surface area contributed by atoms with E-state index in [1.54, 1.807) is 19.4 Å². The van der Waals surface area contributed by atoms with Crippen LogP contribution in [0.1, 0.15) is 5.56 Å². The Kier molecular flexibility index (Phi) is 5.00. The van der Waals surface area contributed by atoms with Gasteiger partial charge in [0.05, 0.1) is 30.3 Å². The first-order valence-corrected chi connectivity index (χ1v) is 8.14. The Bertz CT molecular complexity index is 769.